The molecule has 0 saturated carbocycles. The molecule has 2 aromatic heterocycles. The number of pyridine rings is 1. The molecule has 5 nitrogen and oxygen atoms in total. The fourth-order valence-corrected chi connectivity index (χ4v) is 3.95. The summed E-state index contributed by atoms with van der Waals surface area (Å²) in [5.74, 6) is -0.0982. The van der Waals surface area contributed by atoms with Gasteiger partial charge in [0.05, 0.1) is 0 Å². The number of carbonyl (C=O) groups excluding carboxylic acids is 1. The standard InChI is InChI=1S/C21H26N4OS/c1-3-22-20(26)19-16(2)27-21(24-19)25(15-17-9-5-4-6-10-17)14-12-18-11-7-8-13-23-18/h5,7-11,13H,3-4,6,12,14-15H2,1-2H3,(H,22,26). The van der Waals surface area contributed by atoms with Crippen LogP contribution in [0.4, 0.5) is 5.13 Å². The number of nitrogens with one attached hydrogen (secondary N) is 1. The monoisotopic (exact) mass is 382 g/mol. The van der Waals surface area contributed by atoms with Crippen molar-refractivity contribution in [2.75, 3.05) is 24.5 Å². The van der Waals surface area contributed by atoms with E-state index in [4.69, 9.17) is 0 Å². The second-order valence-electron chi connectivity index (χ2n) is 6.51. The molecule has 0 fully saturated rings. The van der Waals surface area contributed by atoms with E-state index in [1.165, 1.54) is 5.57 Å². The van der Waals surface area contributed by atoms with Gasteiger partial charge in [-0.15, -0.1) is 11.3 Å². The number of amides is 1. The predicted molar refractivity (Wildman–Crippen MR) is 111 cm³/mol. The molecule has 0 bridgehead atoms. The molecule has 1 aliphatic rings. The number of carbonyl (C=O) groups is 1. The molecule has 27 heavy (non-hydrogen) atoms. The van der Waals surface area contributed by atoms with Gasteiger partial charge in [0.25, 0.3) is 5.91 Å². The molecule has 0 saturated heterocycles. The third-order valence-electron chi connectivity index (χ3n) is 4.42. The van der Waals surface area contributed by atoms with E-state index in [0.717, 1.165) is 48.1 Å². The summed E-state index contributed by atoms with van der Waals surface area (Å²) in [4.78, 5) is 24.6. The fraction of sp³-hybridized carbons (Fsp3) is 0.381. The van der Waals surface area contributed by atoms with Crippen LogP contribution < -0.4 is 10.2 Å². The topological polar surface area (TPSA) is 58.1 Å². The molecule has 1 amide bonds. The number of hydrogen-bond donors (Lipinski definition) is 1. The molecule has 0 radical (unpaired) electrons. The third-order valence-corrected chi connectivity index (χ3v) is 5.45. The summed E-state index contributed by atoms with van der Waals surface area (Å²) in [6, 6.07) is 5.99. The lowest BCUT2D eigenvalue weighted by molar-refractivity contribution is 0.0951. The van der Waals surface area contributed by atoms with Crippen molar-refractivity contribution in [3.8, 4) is 0 Å². The lowest BCUT2D eigenvalue weighted by atomic mass is 10.1. The van der Waals surface area contributed by atoms with E-state index >= 15 is 0 Å². The number of anilines is 1. The van der Waals surface area contributed by atoms with Crippen molar-refractivity contribution in [3.63, 3.8) is 0 Å². The maximum absolute atomic E-state index is 12.3. The zero-order valence-corrected chi connectivity index (χ0v) is 16.8. The first kappa shape index (κ1) is 19.3. The first-order chi connectivity index (χ1) is 13.2. The number of hydrogen-bond acceptors (Lipinski definition) is 5. The second kappa shape index (κ2) is 9.46. The minimum absolute atomic E-state index is 0.0982. The Balaban J connectivity index is 1.80. The Bertz CT molecular complexity index is 826. The predicted octanol–water partition coefficient (Wildman–Crippen LogP) is 3.92. The highest BCUT2D eigenvalue weighted by atomic mass is 32.1. The molecule has 0 unspecified atom stereocenters. The number of aromatic nitrogens is 2. The lowest BCUT2D eigenvalue weighted by Gasteiger charge is -2.23. The highest BCUT2D eigenvalue weighted by Gasteiger charge is 2.19. The average Bonchev–Trinajstić information content (AvgIpc) is 3.08. The highest BCUT2D eigenvalue weighted by molar-refractivity contribution is 7.15. The van der Waals surface area contributed by atoms with Crippen LogP contribution in [0.5, 0.6) is 0 Å². The molecule has 1 aliphatic carbocycles. The molecule has 0 aliphatic heterocycles. The normalized spacial score (nSPS) is 13.3. The van der Waals surface area contributed by atoms with Crippen molar-refractivity contribution < 1.29 is 4.79 Å². The van der Waals surface area contributed by atoms with Gasteiger partial charge in [-0.1, -0.05) is 24.3 Å². The minimum Gasteiger partial charge on any atom is -0.351 e. The Hall–Kier alpha value is -2.47. The Kier molecular flexibility index (Phi) is 6.76. The second-order valence-corrected chi connectivity index (χ2v) is 7.69. The van der Waals surface area contributed by atoms with E-state index in [9.17, 15) is 4.79 Å². The zero-order chi connectivity index (χ0) is 19.1. The van der Waals surface area contributed by atoms with Crippen molar-refractivity contribution in [3.05, 3.63) is 64.5 Å². The smallest absolute Gasteiger partial charge is 0.271 e. The van der Waals surface area contributed by atoms with Crippen LogP contribution in [0.2, 0.25) is 0 Å². The summed E-state index contributed by atoms with van der Waals surface area (Å²) in [7, 11) is 0. The van der Waals surface area contributed by atoms with E-state index < -0.39 is 0 Å². The van der Waals surface area contributed by atoms with Gasteiger partial charge in [-0.25, -0.2) is 4.98 Å². The van der Waals surface area contributed by atoms with Crippen molar-refractivity contribution >= 4 is 22.4 Å². The number of thiazole rings is 1. The van der Waals surface area contributed by atoms with Crippen molar-refractivity contribution in [2.24, 2.45) is 0 Å². The van der Waals surface area contributed by atoms with Gasteiger partial charge < -0.3 is 10.2 Å². The maximum Gasteiger partial charge on any atom is 0.271 e. The largest absolute Gasteiger partial charge is 0.351 e. The summed E-state index contributed by atoms with van der Waals surface area (Å²) in [5.41, 5.74) is 2.90. The van der Waals surface area contributed by atoms with Gasteiger partial charge in [0.2, 0.25) is 0 Å². The van der Waals surface area contributed by atoms with E-state index in [-0.39, 0.29) is 5.91 Å². The summed E-state index contributed by atoms with van der Waals surface area (Å²) in [6.07, 6.45) is 11.6. The molecule has 0 spiro atoms. The Morgan fingerprint density at radius 1 is 1.33 bits per heavy atom. The van der Waals surface area contributed by atoms with Crippen LogP contribution in [-0.4, -0.2) is 35.5 Å². The molecule has 0 atom stereocenters. The van der Waals surface area contributed by atoms with E-state index in [1.54, 1.807) is 11.3 Å². The molecule has 142 valence electrons. The van der Waals surface area contributed by atoms with E-state index in [1.807, 2.05) is 38.2 Å². The van der Waals surface area contributed by atoms with Gasteiger partial charge in [-0.3, -0.25) is 9.78 Å². The SMILES string of the molecule is CCNC(=O)c1nc(N(CCc2ccccn2)CC2=CCCC=C2)sc1C. The fourth-order valence-electron chi connectivity index (χ4n) is 3.02. The lowest BCUT2D eigenvalue weighted by Crippen LogP contribution is -2.29. The molecular formula is C21H26N4OS. The van der Waals surface area contributed by atoms with E-state index in [0.29, 0.717) is 12.2 Å². The minimum atomic E-state index is -0.0982. The van der Waals surface area contributed by atoms with Gasteiger partial charge in [-0.05, 0) is 44.4 Å². The van der Waals surface area contributed by atoms with Gasteiger partial charge in [0.1, 0.15) is 5.69 Å². The quantitative estimate of drug-likeness (QED) is 0.752. The van der Waals surface area contributed by atoms with Crippen LogP contribution in [0.15, 0.2) is 48.2 Å². The van der Waals surface area contributed by atoms with Crippen LogP contribution in [0, 0.1) is 6.92 Å². The zero-order valence-electron chi connectivity index (χ0n) is 15.9. The van der Waals surface area contributed by atoms with Crippen molar-refractivity contribution in [2.45, 2.75) is 33.1 Å². The highest BCUT2D eigenvalue weighted by Crippen LogP contribution is 2.27. The Morgan fingerprint density at radius 3 is 2.93 bits per heavy atom. The molecule has 2 aromatic rings. The summed E-state index contributed by atoms with van der Waals surface area (Å²) in [6.45, 7) is 6.09. The molecule has 3 rings (SSSR count). The molecule has 6 heteroatoms. The van der Waals surface area contributed by atoms with Crippen molar-refractivity contribution in [1.29, 1.82) is 0 Å². The Labute approximate surface area is 164 Å². The third kappa shape index (κ3) is 5.26. The molecule has 2 heterocycles. The van der Waals surface area contributed by atoms with Gasteiger partial charge in [0.15, 0.2) is 5.13 Å². The van der Waals surface area contributed by atoms with Crippen molar-refractivity contribution in [1.82, 2.24) is 15.3 Å². The Morgan fingerprint density at radius 2 is 2.22 bits per heavy atom. The summed E-state index contributed by atoms with van der Waals surface area (Å²) in [5, 5.41) is 3.74. The van der Waals surface area contributed by atoms with Crippen LogP contribution in [0.1, 0.15) is 40.8 Å². The maximum atomic E-state index is 12.3. The number of allylic oxidation sites excluding steroid dienone is 2. The van der Waals surface area contributed by atoms with Crippen LogP contribution in [0.25, 0.3) is 0 Å². The summed E-state index contributed by atoms with van der Waals surface area (Å²) < 4.78 is 0. The van der Waals surface area contributed by atoms with Crippen LogP contribution in [0.3, 0.4) is 0 Å². The van der Waals surface area contributed by atoms with E-state index in [2.05, 4.69) is 38.4 Å². The first-order valence-electron chi connectivity index (χ1n) is 9.43. The van der Waals surface area contributed by atoms with Gasteiger partial charge in [0, 0.05) is 42.8 Å². The number of rotatable bonds is 8. The average molecular weight is 383 g/mol. The van der Waals surface area contributed by atoms with Crippen LogP contribution >= 0.6 is 11.3 Å². The van der Waals surface area contributed by atoms with Gasteiger partial charge >= 0.3 is 0 Å². The number of aryl methyl sites for hydroxylation is 1. The van der Waals surface area contributed by atoms with Crippen LogP contribution in [-0.2, 0) is 6.42 Å². The summed E-state index contributed by atoms with van der Waals surface area (Å²) >= 11 is 1.58. The van der Waals surface area contributed by atoms with Gasteiger partial charge in [-0.2, -0.15) is 0 Å². The molecule has 1 N–H and O–H groups in total. The first-order valence-corrected chi connectivity index (χ1v) is 10.2. The molecular weight excluding hydrogens is 356 g/mol. The number of nitrogens with zero attached hydrogens (tertiary/aromatic N) is 3. The molecule has 0 aromatic carbocycles.